The van der Waals surface area contributed by atoms with Gasteiger partial charge in [-0.05, 0) is 19.4 Å². The van der Waals surface area contributed by atoms with Gasteiger partial charge >= 0.3 is 16.5 Å². The average molecular weight is 488 g/mol. The number of carbonyl (C=O) groups is 2. The van der Waals surface area contributed by atoms with Crippen LogP contribution in [0.4, 0.5) is 11.5 Å². The lowest BCUT2D eigenvalue weighted by atomic mass is 10.2. The Morgan fingerprint density at radius 3 is 2.47 bits per heavy atom. The van der Waals surface area contributed by atoms with Gasteiger partial charge in [0.2, 0.25) is 0 Å². The Balaban J connectivity index is 1.73. The van der Waals surface area contributed by atoms with Crippen LogP contribution in [-0.4, -0.2) is 39.1 Å². The number of carbonyl (C=O) groups excluding carboxylic acids is 2. The Bertz CT molecular complexity index is 1350. The lowest BCUT2D eigenvalue weighted by molar-refractivity contribution is -0.148. The minimum absolute atomic E-state index is 0.0523. The Kier molecular flexibility index (Phi) is 7.84. The number of aromatic nitrogens is 3. The number of hydrogen-bond acceptors (Lipinski definition) is 8. The first-order chi connectivity index (χ1) is 16.2. The number of nitrogens with one attached hydrogen (secondary N) is 1. The minimum atomic E-state index is -0.819. The van der Waals surface area contributed by atoms with Gasteiger partial charge in [0.15, 0.2) is 12.3 Å². The van der Waals surface area contributed by atoms with E-state index in [0.29, 0.717) is 0 Å². The van der Waals surface area contributed by atoms with E-state index < -0.39 is 29.7 Å². The summed E-state index contributed by atoms with van der Waals surface area (Å²) in [5, 5.41) is 1.69. The van der Waals surface area contributed by atoms with E-state index in [2.05, 4.69) is 4.98 Å². The van der Waals surface area contributed by atoms with Gasteiger partial charge < -0.3 is 19.9 Å². The van der Waals surface area contributed by atoms with Crippen molar-refractivity contribution in [2.75, 3.05) is 23.8 Å². The first kappa shape index (κ1) is 24.7. The number of esters is 1. The highest BCUT2D eigenvalue weighted by Gasteiger charge is 2.24. The summed E-state index contributed by atoms with van der Waals surface area (Å²) in [6.07, 6.45) is -0.0957. The summed E-state index contributed by atoms with van der Waals surface area (Å²) in [4.78, 5) is 64.6. The van der Waals surface area contributed by atoms with Gasteiger partial charge in [0.25, 0.3) is 11.5 Å². The molecule has 1 aromatic carbocycles. The molecule has 11 nitrogen and oxygen atoms in total. The number of aromatic amines is 1. The minimum Gasteiger partial charge on any atom is -0.455 e. The summed E-state index contributed by atoms with van der Waals surface area (Å²) < 4.78 is 7.66. The van der Waals surface area contributed by atoms with E-state index in [4.69, 9.17) is 10.5 Å². The molecule has 0 bridgehead atoms. The van der Waals surface area contributed by atoms with Crippen molar-refractivity contribution >= 4 is 34.7 Å². The number of anilines is 2. The molecule has 1 amide bonds. The number of aryl methyl sites for hydroxylation is 1. The molecule has 0 aliphatic carbocycles. The van der Waals surface area contributed by atoms with Crippen LogP contribution in [-0.2, 0) is 27.4 Å². The molecule has 0 unspecified atom stereocenters. The fourth-order valence-electron chi connectivity index (χ4n) is 3.39. The SMILES string of the molecule is CCN(C(=O)COC(=O)CCn1c(C)csc1=O)c1c(N)n(Cc2ccccc2)c(=O)[nH]c1=O. The van der Waals surface area contributed by atoms with Crippen LogP contribution in [0.5, 0.6) is 0 Å². The van der Waals surface area contributed by atoms with Crippen molar-refractivity contribution in [3.8, 4) is 0 Å². The van der Waals surface area contributed by atoms with E-state index in [1.54, 1.807) is 43.5 Å². The van der Waals surface area contributed by atoms with E-state index in [1.165, 1.54) is 4.57 Å². The number of likely N-dealkylation sites (N-methyl/N-ethyl adjacent to an activating group) is 1. The molecule has 34 heavy (non-hydrogen) atoms. The molecular formula is C22H25N5O6S. The van der Waals surface area contributed by atoms with Crippen molar-refractivity contribution in [3.05, 3.63) is 77.5 Å². The standard InChI is InChI=1S/C22H25N5O6S/c1-3-25(16(28)12-33-17(29)9-10-26-14(2)13-34-22(26)32)18-19(23)27(21(31)24-20(18)30)11-15-7-5-4-6-8-15/h4-8,13H,3,9-12,23H2,1-2H3,(H,24,30,31). The van der Waals surface area contributed by atoms with Crippen LogP contribution >= 0.6 is 11.3 Å². The van der Waals surface area contributed by atoms with Crippen molar-refractivity contribution in [3.63, 3.8) is 0 Å². The van der Waals surface area contributed by atoms with Gasteiger partial charge in [-0.25, -0.2) is 4.79 Å². The van der Waals surface area contributed by atoms with Gasteiger partial charge in [0, 0.05) is 24.2 Å². The molecule has 0 fully saturated rings. The van der Waals surface area contributed by atoms with Gasteiger partial charge in [-0.15, -0.1) is 0 Å². The van der Waals surface area contributed by atoms with E-state index in [1.807, 2.05) is 6.07 Å². The van der Waals surface area contributed by atoms with Crippen molar-refractivity contribution in [1.82, 2.24) is 14.1 Å². The third-order valence-electron chi connectivity index (χ3n) is 5.16. The van der Waals surface area contributed by atoms with E-state index in [9.17, 15) is 24.0 Å². The quantitative estimate of drug-likeness (QED) is 0.422. The van der Waals surface area contributed by atoms with Crippen molar-refractivity contribution in [1.29, 1.82) is 0 Å². The molecule has 0 aliphatic heterocycles. The largest absolute Gasteiger partial charge is 0.455 e. The summed E-state index contributed by atoms with van der Waals surface area (Å²) in [5.41, 5.74) is 5.93. The number of benzene rings is 1. The summed E-state index contributed by atoms with van der Waals surface area (Å²) in [5.74, 6) is -1.52. The highest BCUT2D eigenvalue weighted by Crippen LogP contribution is 2.18. The molecule has 2 aromatic heterocycles. The molecule has 0 spiro atoms. The molecule has 0 atom stereocenters. The molecule has 0 saturated heterocycles. The van der Waals surface area contributed by atoms with Crippen molar-refractivity contribution in [2.45, 2.75) is 33.4 Å². The number of amides is 1. The van der Waals surface area contributed by atoms with Crippen molar-refractivity contribution < 1.29 is 14.3 Å². The molecule has 0 saturated carbocycles. The summed E-state index contributed by atoms with van der Waals surface area (Å²) >= 11 is 1.04. The monoisotopic (exact) mass is 487 g/mol. The second-order valence-electron chi connectivity index (χ2n) is 7.41. The molecule has 3 N–H and O–H groups in total. The fraction of sp³-hybridized carbons (Fsp3) is 0.318. The highest BCUT2D eigenvalue weighted by molar-refractivity contribution is 7.07. The van der Waals surface area contributed by atoms with Crippen LogP contribution in [0, 0.1) is 6.92 Å². The highest BCUT2D eigenvalue weighted by atomic mass is 32.1. The first-order valence-corrected chi connectivity index (χ1v) is 11.4. The predicted octanol–water partition coefficient (Wildman–Crippen LogP) is 0.685. The number of rotatable bonds is 9. The number of nitrogens with zero attached hydrogens (tertiary/aromatic N) is 3. The average Bonchev–Trinajstić information content (AvgIpc) is 3.14. The van der Waals surface area contributed by atoms with Gasteiger partial charge in [-0.1, -0.05) is 41.7 Å². The summed E-state index contributed by atoms with van der Waals surface area (Å²) in [7, 11) is 0. The Hall–Kier alpha value is -3.93. The molecule has 0 radical (unpaired) electrons. The number of ether oxygens (including phenoxy) is 1. The number of hydrogen-bond donors (Lipinski definition) is 2. The fourth-order valence-corrected chi connectivity index (χ4v) is 4.15. The first-order valence-electron chi connectivity index (χ1n) is 10.5. The zero-order valence-corrected chi connectivity index (χ0v) is 19.6. The second kappa shape index (κ2) is 10.8. The number of nitrogens with two attached hydrogens (primary N) is 1. The third kappa shape index (κ3) is 5.52. The van der Waals surface area contributed by atoms with Gasteiger partial charge in [-0.2, -0.15) is 0 Å². The molecule has 0 aliphatic rings. The number of H-pyrrole nitrogens is 1. The topological polar surface area (TPSA) is 149 Å². The zero-order chi connectivity index (χ0) is 24.8. The molecular weight excluding hydrogens is 462 g/mol. The lowest BCUT2D eigenvalue weighted by Crippen LogP contribution is -2.42. The third-order valence-corrected chi connectivity index (χ3v) is 6.04. The van der Waals surface area contributed by atoms with Crippen LogP contribution in [0.2, 0.25) is 0 Å². The van der Waals surface area contributed by atoms with Gasteiger partial charge in [0.1, 0.15) is 5.82 Å². The van der Waals surface area contributed by atoms with Crippen molar-refractivity contribution in [2.24, 2.45) is 0 Å². The maximum Gasteiger partial charge on any atom is 0.330 e. The van der Waals surface area contributed by atoms with Crippen LogP contribution < -0.4 is 26.8 Å². The molecule has 180 valence electrons. The number of nitrogen functional groups attached to an aromatic ring is 1. The Labute approximate surface area is 198 Å². The smallest absolute Gasteiger partial charge is 0.330 e. The normalized spacial score (nSPS) is 10.8. The predicted molar refractivity (Wildman–Crippen MR) is 128 cm³/mol. The van der Waals surface area contributed by atoms with Crippen LogP contribution in [0.15, 0.2) is 50.1 Å². The van der Waals surface area contributed by atoms with E-state index in [-0.39, 0.29) is 42.4 Å². The second-order valence-corrected chi connectivity index (χ2v) is 8.23. The molecule has 3 rings (SSSR count). The van der Waals surface area contributed by atoms with E-state index >= 15 is 0 Å². The molecule has 2 heterocycles. The molecule has 12 heteroatoms. The maximum atomic E-state index is 12.8. The zero-order valence-electron chi connectivity index (χ0n) is 18.8. The summed E-state index contributed by atoms with van der Waals surface area (Å²) in [6.45, 7) is 3.03. The van der Waals surface area contributed by atoms with Crippen LogP contribution in [0.3, 0.4) is 0 Å². The van der Waals surface area contributed by atoms with Crippen LogP contribution in [0.1, 0.15) is 24.6 Å². The van der Waals surface area contributed by atoms with Gasteiger partial charge in [0.05, 0.1) is 13.0 Å². The molecule has 3 aromatic rings. The Morgan fingerprint density at radius 1 is 1.15 bits per heavy atom. The van der Waals surface area contributed by atoms with Gasteiger partial charge in [-0.3, -0.25) is 28.7 Å². The summed E-state index contributed by atoms with van der Waals surface area (Å²) in [6, 6.07) is 9.02. The van der Waals surface area contributed by atoms with Crippen LogP contribution in [0.25, 0.3) is 0 Å². The lowest BCUT2D eigenvalue weighted by Gasteiger charge is -2.23. The van der Waals surface area contributed by atoms with E-state index in [0.717, 1.165) is 32.1 Å². The Morgan fingerprint density at radius 2 is 1.85 bits per heavy atom. The maximum absolute atomic E-state index is 12.8. The number of thiazole rings is 1.